The average Bonchev–Trinajstić information content (AvgIpc) is 2.86. The Kier molecular flexibility index (Phi) is 2.04. The molecular weight excluding hydrogens is 162 g/mol. The molecule has 0 aromatic carbocycles. The van der Waals surface area contributed by atoms with E-state index in [0.29, 0.717) is 12.8 Å². The van der Waals surface area contributed by atoms with E-state index in [9.17, 15) is 8.78 Å². The third kappa shape index (κ3) is 1.23. The highest BCUT2D eigenvalue weighted by Gasteiger charge is 2.55. The second-order valence-corrected chi connectivity index (χ2v) is 3.64. The molecule has 2 aliphatic rings. The van der Waals surface area contributed by atoms with E-state index in [-0.39, 0.29) is 0 Å². The molecule has 1 saturated heterocycles. The number of nitrogens with one attached hydrogen (secondary N) is 1. The molecule has 0 radical (unpaired) electrons. The molecule has 0 atom stereocenters. The van der Waals surface area contributed by atoms with E-state index in [1.54, 1.807) is 0 Å². The van der Waals surface area contributed by atoms with Gasteiger partial charge in [0.15, 0.2) is 0 Å². The van der Waals surface area contributed by atoms with Gasteiger partial charge in [0.1, 0.15) is 0 Å². The van der Waals surface area contributed by atoms with Crippen molar-refractivity contribution in [3.8, 4) is 0 Å². The Labute approximate surface area is 70.9 Å². The second-order valence-electron chi connectivity index (χ2n) is 3.64. The predicted octanol–water partition coefficient (Wildman–Crippen LogP) is 0.689. The van der Waals surface area contributed by atoms with Gasteiger partial charge in [-0.2, -0.15) is 0 Å². The molecule has 0 spiro atoms. The lowest BCUT2D eigenvalue weighted by Gasteiger charge is -2.34. The van der Waals surface area contributed by atoms with E-state index in [4.69, 9.17) is 0 Å². The fraction of sp³-hybridized carbons (Fsp3) is 1.00. The van der Waals surface area contributed by atoms with Crippen LogP contribution in [0, 0.1) is 0 Å². The minimum atomic E-state index is -2.16. The molecular formula is C8H14F2N2. The molecule has 12 heavy (non-hydrogen) atoms. The largest absolute Gasteiger partial charge is 0.314 e. The van der Waals surface area contributed by atoms with Crippen LogP contribution in [-0.4, -0.2) is 43.0 Å². The Morgan fingerprint density at radius 1 is 1.17 bits per heavy atom. The number of halogens is 2. The number of alkyl halides is 2. The van der Waals surface area contributed by atoms with Crippen molar-refractivity contribution in [2.24, 2.45) is 0 Å². The smallest absolute Gasteiger partial charge is 0.256 e. The van der Waals surface area contributed by atoms with Crippen LogP contribution >= 0.6 is 0 Å². The third-order valence-electron chi connectivity index (χ3n) is 2.92. The first-order valence-electron chi connectivity index (χ1n) is 4.50. The zero-order chi connectivity index (χ0) is 8.60. The Bertz CT molecular complexity index is 162. The second kappa shape index (κ2) is 2.92. The molecule has 1 aliphatic carbocycles. The summed E-state index contributed by atoms with van der Waals surface area (Å²) in [7, 11) is 0. The Balaban J connectivity index is 1.97. The topological polar surface area (TPSA) is 15.3 Å². The summed E-state index contributed by atoms with van der Waals surface area (Å²) in [4.78, 5) is 1.95. The molecule has 70 valence electrons. The van der Waals surface area contributed by atoms with E-state index >= 15 is 0 Å². The molecule has 1 aliphatic heterocycles. The van der Waals surface area contributed by atoms with Crippen molar-refractivity contribution in [3.63, 3.8) is 0 Å². The molecule has 0 aromatic heterocycles. The lowest BCUT2D eigenvalue weighted by Crippen LogP contribution is -2.52. The van der Waals surface area contributed by atoms with Crippen LogP contribution in [0.3, 0.4) is 0 Å². The molecule has 1 saturated carbocycles. The van der Waals surface area contributed by atoms with Gasteiger partial charge >= 0.3 is 0 Å². The summed E-state index contributed by atoms with van der Waals surface area (Å²) in [5, 5.41) is 3.17. The molecule has 2 rings (SSSR count). The third-order valence-corrected chi connectivity index (χ3v) is 2.92. The van der Waals surface area contributed by atoms with Gasteiger partial charge in [0.05, 0.1) is 5.54 Å². The SMILES string of the molecule is FC(F)C1(N2CCNCC2)CC1. The minimum absolute atomic E-state index is 0.685. The maximum atomic E-state index is 12.6. The van der Waals surface area contributed by atoms with Crippen molar-refractivity contribution in [3.05, 3.63) is 0 Å². The maximum Gasteiger partial charge on any atom is 0.256 e. The summed E-state index contributed by atoms with van der Waals surface area (Å²) in [6.45, 7) is 3.28. The summed E-state index contributed by atoms with van der Waals surface area (Å²) in [6, 6.07) is 0. The molecule has 1 heterocycles. The molecule has 2 fully saturated rings. The highest BCUT2D eigenvalue weighted by atomic mass is 19.3. The average molecular weight is 176 g/mol. The van der Waals surface area contributed by atoms with E-state index in [2.05, 4.69) is 5.32 Å². The first-order valence-corrected chi connectivity index (χ1v) is 4.50. The van der Waals surface area contributed by atoms with Crippen molar-refractivity contribution in [1.29, 1.82) is 0 Å². The van der Waals surface area contributed by atoms with Gasteiger partial charge in [0.25, 0.3) is 6.43 Å². The summed E-state index contributed by atoms with van der Waals surface area (Å²) >= 11 is 0. The number of piperazine rings is 1. The van der Waals surface area contributed by atoms with Gasteiger partial charge in [-0.15, -0.1) is 0 Å². The molecule has 0 aromatic rings. The number of hydrogen-bond acceptors (Lipinski definition) is 2. The van der Waals surface area contributed by atoms with Crippen molar-refractivity contribution < 1.29 is 8.78 Å². The van der Waals surface area contributed by atoms with Crippen molar-refractivity contribution in [1.82, 2.24) is 10.2 Å². The highest BCUT2D eigenvalue weighted by Crippen LogP contribution is 2.46. The number of hydrogen-bond donors (Lipinski definition) is 1. The van der Waals surface area contributed by atoms with Crippen molar-refractivity contribution in [2.75, 3.05) is 26.2 Å². The fourth-order valence-electron chi connectivity index (χ4n) is 1.91. The van der Waals surface area contributed by atoms with Gasteiger partial charge in [-0.3, -0.25) is 4.90 Å². The summed E-state index contributed by atoms with van der Waals surface area (Å²) < 4.78 is 25.2. The molecule has 0 bridgehead atoms. The lowest BCUT2D eigenvalue weighted by molar-refractivity contribution is 0.00253. The summed E-state index contributed by atoms with van der Waals surface area (Å²) in [5.74, 6) is 0. The molecule has 0 amide bonds. The van der Waals surface area contributed by atoms with Gasteiger partial charge in [-0.05, 0) is 12.8 Å². The van der Waals surface area contributed by atoms with E-state index < -0.39 is 12.0 Å². The number of nitrogens with zero attached hydrogens (tertiary/aromatic N) is 1. The molecule has 4 heteroatoms. The zero-order valence-corrected chi connectivity index (χ0v) is 7.02. The molecule has 1 N–H and O–H groups in total. The summed E-state index contributed by atoms with van der Waals surface area (Å²) in [5.41, 5.74) is -0.720. The lowest BCUT2D eigenvalue weighted by atomic mass is 10.2. The van der Waals surface area contributed by atoms with Crippen LogP contribution in [-0.2, 0) is 0 Å². The number of rotatable bonds is 2. The first kappa shape index (κ1) is 8.38. The maximum absolute atomic E-state index is 12.6. The molecule has 2 nitrogen and oxygen atoms in total. The van der Waals surface area contributed by atoms with Crippen LogP contribution in [0.1, 0.15) is 12.8 Å². The van der Waals surface area contributed by atoms with Crippen LogP contribution in [0.15, 0.2) is 0 Å². The molecule has 0 unspecified atom stereocenters. The van der Waals surface area contributed by atoms with Crippen LogP contribution in [0.4, 0.5) is 8.78 Å². The van der Waals surface area contributed by atoms with Crippen LogP contribution in [0.5, 0.6) is 0 Å². The van der Waals surface area contributed by atoms with Gasteiger partial charge in [-0.1, -0.05) is 0 Å². The first-order chi connectivity index (χ1) is 5.76. The van der Waals surface area contributed by atoms with Crippen molar-refractivity contribution >= 4 is 0 Å². The predicted molar refractivity (Wildman–Crippen MR) is 42.4 cm³/mol. The van der Waals surface area contributed by atoms with Gasteiger partial charge in [0, 0.05) is 26.2 Å². The fourth-order valence-corrected chi connectivity index (χ4v) is 1.91. The quantitative estimate of drug-likeness (QED) is 0.666. The highest BCUT2D eigenvalue weighted by molar-refractivity contribution is 5.06. The zero-order valence-electron chi connectivity index (χ0n) is 7.02. The van der Waals surface area contributed by atoms with E-state index in [1.807, 2.05) is 4.90 Å². The Morgan fingerprint density at radius 3 is 2.17 bits per heavy atom. The van der Waals surface area contributed by atoms with E-state index in [0.717, 1.165) is 26.2 Å². The van der Waals surface area contributed by atoms with Crippen molar-refractivity contribution in [2.45, 2.75) is 24.8 Å². The normalized spacial score (nSPS) is 29.2. The van der Waals surface area contributed by atoms with E-state index in [1.165, 1.54) is 0 Å². The van der Waals surface area contributed by atoms with Gasteiger partial charge in [0.2, 0.25) is 0 Å². The monoisotopic (exact) mass is 176 g/mol. The van der Waals surface area contributed by atoms with Gasteiger partial charge < -0.3 is 5.32 Å². The van der Waals surface area contributed by atoms with Crippen LogP contribution in [0.2, 0.25) is 0 Å². The van der Waals surface area contributed by atoms with Gasteiger partial charge in [-0.25, -0.2) is 8.78 Å². The van der Waals surface area contributed by atoms with Crippen LogP contribution < -0.4 is 5.32 Å². The Hall–Kier alpha value is -0.220. The minimum Gasteiger partial charge on any atom is -0.314 e. The standard InChI is InChI=1S/C8H14F2N2/c9-7(10)8(1-2-8)12-5-3-11-4-6-12/h7,11H,1-6H2. The summed E-state index contributed by atoms with van der Waals surface area (Å²) in [6.07, 6.45) is -0.786. The Morgan fingerprint density at radius 2 is 1.75 bits per heavy atom. The van der Waals surface area contributed by atoms with Crippen LogP contribution in [0.25, 0.3) is 0 Å².